The molecular weight excluding hydrogens is 302 g/mol. The van der Waals surface area contributed by atoms with Crippen molar-refractivity contribution < 1.29 is 31.1 Å². The molecule has 1 amide bonds. The van der Waals surface area contributed by atoms with Gasteiger partial charge in [-0.1, -0.05) is 0 Å². The highest BCUT2D eigenvalue weighted by Gasteiger charge is 2.35. The molecule has 0 heterocycles. The van der Waals surface area contributed by atoms with Gasteiger partial charge in [-0.25, -0.2) is 0 Å². The van der Waals surface area contributed by atoms with Crippen LogP contribution >= 0.6 is 0 Å². The van der Waals surface area contributed by atoms with Crippen LogP contribution in [-0.2, 0) is 6.18 Å². The van der Waals surface area contributed by atoms with E-state index in [0.717, 1.165) is 6.07 Å². The number of nitrogen functional groups attached to an aromatic ring is 1. The van der Waals surface area contributed by atoms with Crippen molar-refractivity contribution in [2.24, 2.45) is 0 Å². The first-order chi connectivity index (χ1) is 9.45. The first-order valence-electron chi connectivity index (χ1n) is 5.78. The van der Waals surface area contributed by atoms with Crippen LogP contribution in [0, 0.1) is 0 Å². The summed E-state index contributed by atoms with van der Waals surface area (Å²) in [5.41, 5.74) is 3.33. The molecule has 0 saturated heterocycles. The number of nitrogens with zero attached hydrogens (tertiary/aromatic N) is 1. The molecule has 0 radical (unpaired) electrons. The van der Waals surface area contributed by atoms with Crippen LogP contribution in [0.2, 0.25) is 0 Å². The van der Waals surface area contributed by atoms with Crippen LogP contribution in [0.25, 0.3) is 0 Å². The average Bonchev–Trinajstić information content (AvgIpc) is 2.33. The van der Waals surface area contributed by atoms with Crippen LogP contribution in [0.1, 0.15) is 22.8 Å². The lowest BCUT2D eigenvalue weighted by atomic mass is 10.1. The first kappa shape index (κ1) is 17.1. The zero-order chi connectivity index (χ0) is 16.4. The largest absolute Gasteiger partial charge is 0.416 e. The summed E-state index contributed by atoms with van der Waals surface area (Å²) in [6.45, 7) is -0.584. The van der Waals surface area contributed by atoms with E-state index in [-0.39, 0.29) is 12.2 Å². The summed E-state index contributed by atoms with van der Waals surface area (Å²) < 4.78 is 74.7. The summed E-state index contributed by atoms with van der Waals surface area (Å²) in [4.78, 5) is 12.3. The van der Waals surface area contributed by atoms with Crippen LogP contribution in [-0.4, -0.2) is 30.1 Å². The van der Waals surface area contributed by atoms with E-state index in [1.165, 1.54) is 6.92 Å². The predicted molar refractivity (Wildman–Crippen MR) is 63.5 cm³/mol. The van der Waals surface area contributed by atoms with E-state index in [9.17, 15) is 31.1 Å². The van der Waals surface area contributed by atoms with Gasteiger partial charge in [-0.2, -0.15) is 26.3 Å². The van der Waals surface area contributed by atoms with Gasteiger partial charge >= 0.3 is 12.4 Å². The number of carbonyl (C=O) groups is 1. The van der Waals surface area contributed by atoms with E-state index in [2.05, 4.69) is 0 Å². The molecule has 0 atom stereocenters. The highest BCUT2D eigenvalue weighted by atomic mass is 19.4. The molecule has 0 aliphatic carbocycles. The van der Waals surface area contributed by atoms with Crippen molar-refractivity contribution in [1.82, 2.24) is 4.90 Å². The zero-order valence-corrected chi connectivity index (χ0v) is 10.8. The van der Waals surface area contributed by atoms with Crippen LogP contribution < -0.4 is 5.73 Å². The van der Waals surface area contributed by atoms with Crippen LogP contribution in [0.15, 0.2) is 18.2 Å². The Kier molecular flexibility index (Phi) is 4.75. The number of carbonyl (C=O) groups excluding carboxylic acids is 1. The quantitative estimate of drug-likeness (QED) is 0.687. The molecule has 0 aromatic heterocycles. The molecular formula is C12H12F6N2O. The third-order valence-electron chi connectivity index (χ3n) is 2.65. The molecule has 0 saturated carbocycles. The fourth-order valence-electron chi connectivity index (χ4n) is 1.63. The molecule has 2 N–H and O–H groups in total. The third-order valence-corrected chi connectivity index (χ3v) is 2.65. The normalized spacial score (nSPS) is 12.3. The lowest BCUT2D eigenvalue weighted by Gasteiger charge is -2.23. The number of anilines is 1. The maximum Gasteiger partial charge on any atom is 0.416 e. The van der Waals surface area contributed by atoms with Gasteiger partial charge in [-0.15, -0.1) is 0 Å². The second-order valence-electron chi connectivity index (χ2n) is 4.23. The Morgan fingerprint density at radius 3 is 2.19 bits per heavy atom. The number of benzene rings is 1. The molecule has 0 bridgehead atoms. The molecule has 21 heavy (non-hydrogen) atoms. The Bertz CT molecular complexity index is 523. The molecule has 3 nitrogen and oxygen atoms in total. The van der Waals surface area contributed by atoms with Gasteiger partial charge in [0.15, 0.2) is 0 Å². The SMILES string of the molecule is CCN(CC(F)(F)F)C(=O)c1cc(C(F)(F)F)ccc1N. The Labute approximate surface area is 116 Å². The first-order valence-corrected chi connectivity index (χ1v) is 5.78. The summed E-state index contributed by atoms with van der Waals surface area (Å²) >= 11 is 0. The Balaban J connectivity index is 3.16. The highest BCUT2D eigenvalue weighted by Crippen LogP contribution is 2.31. The molecule has 0 spiro atoms. The molecule has 0 fully saturated rings. The molecule has 118 valence electrons. The topological polar surface area (TPSA) is 46.3 Å². The van der Waals surface area contributed by atoms with Gasteiger partial charge in [0.05, 0.1) is 11.1 Å². The summed E-state index contributed by atoms with van der Waals surface area (Å²) in [5.74, 6) is -1.20. The zero-order valence-electron chi connectivity index (χ0n) is 10.8. The average molecular weight is 314 g/mol. The Morgan fingerprint density at radius 2 is 1.76 bits per heavy atom. The summed E-state index contributed by atoms with van der Waals surface area (Å²) in [5, 5.41) is 0. The van der Waals surface area contributed by atoms with Crippen molar-refractivity contribution in [2.75, 3.05) is 18.8 Å². The minimum Gasteiger partial charge on any atom is -0.398 e. The smallest absolute Gasteiger partial charge is 0.398 e. The second-order valence-corrected chi connectivity index (χ2v) is 4.23. The van der Waals surface area contributed by atoms with Gasteiger partial charge in [-0.3, -0.25) is 4.79 Å². The molecule has 0 aliphatic heterocycles. The van der Waals surface area contributed by atoms with E-state index >= 15 is 0 Å². The van der Waals surface area contributed by atoms with Crippen molar-refractivity contribution in [3.05, 3.63) is 29.3 Å². The Morgan fingerprint density at radius 1 is 1.19 bits per heavy atom. The van der Waals surface area contributed by atoms with Gasteiger partial charge < -0.3 is 10.6 Å². The number of hydrogen-bond donors (Lipinski definition) is 1. The molecule has 1 aromatic rings. The monoisotopic (exact) mass is 314 g/mol. The minimum absolute atomic E-state index is 0.311. The van der Waals surface area contributed by atoms with Gasteiger partial charge in [0.25, 0.3) is 5.91 Å². The van der Waals surface area contributed by atoms with Gasteiger partial charge in [0, 0.05) is 12.2 Å². The van der Waals surface area contributed by atoms with Crippen molar-refractivity contribution in [1.29, 1.82) is 0 Å². The van der Waals surface area contributed by atoms with E-state index in [4.69, 9.17) is 5.73 Å². The van der Waals surface area contributed by atoms with E-state index in [1.807, 2.05) is 0 Å². The number of rotatable bonds is 3. The van der Waals surface area contributed by atoms with Crippen LogP contribution in [0.4, 0.5) is 32.0 Å². The van der Waals surface area contributed by atoms with Crippen LogP contribution in [0.5, 0.6) is 0 Å². The maximum absolute atomic E-state index is 12.6. The van der Waals surface area contributed by atoms with Crippen molar-refractivity contribution in [3.8, 4) is 0 Å². The number of halogens is 6. The lowest BCUT2D eigenvalue weighted by Crippen LogP contribution is -2.39. The molecule has 9 heteroatoms. The number of amides is 1. The molecule has 1 rings (SSSR count). The fraction of sp³-hybridized carbons (Fsp3) is 0.417. The highest BCUT2D eigenvalue weighted by molar-refractivity contribution is 5.99. The van der Waals surface area contributed by atoms with Crippen molar-refractivity contribution >= 4 is 11.6 Å². The number of nitrogens with two attached hydrogens (primary N) is 1. The van der Waals surface area contributed by atoms with Gasteiger partial charge in [-0.05, 0) is 25.1 Å². The Hall–Kier alpha value is -1.93. The van der Waals surface area contributed by atoms with Crippen molar-refractivity contribution in [3.63, 3.8) is 0 Å². The van der Waals surface area contributed by atoms with E-state index < -0.39 is 35.9 Å². The fourth-order valence-corrected chi connectivity index (χ4v) is 1.63. The summed E-state index contributed by atoms with van der Waals surface area (Å²) in [7, 11) is 0. The standard InChI is InChI=1S/C12H12F6N2O/c1-2-20(6-11(13,14)15)10(21)8-5-7(12(16,17)18)3-4-9(8)19/h3-5H,2,6,19H2,1H3. The number of hydrogen-bond acceptors (Lipinski definition) is 2. The minimum atomic E-state index is -4.72. The predicted octanol–water partition coefficient (Wildman–Crippen LogP) is 3.31. The molecule has 1 aromatic carbocycles. The van der Waals surface area contributed by atoms with E-state index in [0.29, 0.717) is 17.0 Å². The second kappa shape index (κ2) is 5.82. The van der Waals surface area contributed by atoms with E-state index in [1.54, 1.807) is 0 Å². The molecule has 0 aliphatic rings. The summed E-state index contributed by atoms with van der Waals surface area (Å²) in [6, 6.07) is 1.96. The van der Waals surface area contributed by atoms with Gasteiger partial charge in [0.1, 0.15) is 6.54 Å². The maximum atomic E-state index is 12.6. The third kappa shape index (κ3) is 4.54. The number of alkyl halides is 6. The molecule has 0 unspecified atom stereocenters. The van der Waals surface area contributed by atoms with Crippen molar-refractivity contribution in [2.45, 2.75) is 19.3 Å². The van der Waals surface area contributed by atoms with Crippen LogP contribution in [0.3, 0.4) is 0 Å². The lowest BCUT2D eigenvalue weighted by molar-refractivity contribution is -0.140. The summed E-state index contributed by atoms with van der Waals surface area (Å²) in [6.07, 6.45) is -9.37. The van der Waals surface area contributed by atoms with Gasteiger partial charge in [0.2, 0.25) is 0 Å².